The summed E-state index contributed by atoms with van der Waals surface area (Å²) in [5.41, 5.74) is 1.49. The number of carbonyl (C=O) groups is 1. The number of aryl methyl sites for hydroxylation is 1. The second-order valence-corrected chi connectivity index (χ2v) is 6.52. The lowest BCUT2D eigenvalue weighted by molar-refractivity contribution is -0.384. The highest BCUT2D eigenvalue weighted by molar-refractivity contribution is 5.95. The molecular formula is C19H21FN4O3. The highest BCUT2D eigenvalue weighted by Crippen LogP contribution is 2.28. The number of rotatable bonds is 5. The number of hydrogen-bond donors (Lipinski definition) is 2. The van der Waals surface area contributed by atoms with Gasteiger partial charge in [0.25, 0.3) is 5.69 Å². The summed E-state index contributed by atoms with van der Waals surface area (Å²) in [5, 5.41) is 17.1. The lowest BCUT2D eigenvalue weighted by Crippen LogP contribution is -2.48. The van der Waals surface area contributed by atoms with Crippen LogP contribution in [0, 0.1) is 22.9 Å². The van der Waals surface area contributed by atoms with E-state index < -0.39 is 4.92 Å². The van der Waals surface area contributed by atoms with E-state index in [0.717, 1.165) is 5.56 Å². The van der Waals surface area contributed by atoms with Crippen LogP contribution in [0.2, 0.25) is 0 Å². The van der Waals surface area contributed by atoms with E-state index in [0.29, 0.717) is 25.2 Å². The average Bonchev–Trinajstić information content (AvgIpc) is 2.63. The van der Waals surface area contributed by atoms with E-state index in [-0.39, 0.29) is 35.7 Å². The number of amides is 1. The van der Waals surface area contributed by atoms with E-state index in [2.05, 4.69) is 10.6 Å². The van der Waals surface area contributed by atoms with Crippen molar-refractivity contribution in [2.75, 3.05) is 31.5 Å². The molecule has 8 heteroatoms. The Morgan fingerprint density at radius 1 is 1.37 bits per heavy atom. The van der Waals surface area contributed by atoms with Crippen LogP contribution in [0.5, 0.6) is 0 Å². The van der Waals surface area contributed by atoms with Crippen LogP contribution in [0.15, 0.2) is 42.5 Å². The van der Waals surface area contributed by atoms with Crippen molar-refractivity contribution in [3.63, 3.8) is 0 Å². The van der Waals surface area contributed by atoms with Gasteiger partial charge in [-0.3, -0.25) is 19.8 Å². The van der Waals surface area contributed by atoms with Gasteiger partial charge in [0.05, 0.1) is 11.5 Å². The maximum Gasteiger partial charge on any atom is 0.293 e. The third-order valence-corrected chi connectivity index (χ3v) is 4.65. The van der Waals surface area contributed by atoms with Gasteiger partial charge in [-0.25, -0.2) is 4.39 Å². The number of piperazine rings is 1. The Balaban J connectivity index is 1.76. The summed E-state index contributed by atoms with van der Waals surface area (Å²) in [6.45, 7) is 3.70. The predicted molar refractivity (Wildman–Crippen MR) is 100 cm³/mol. The summed E-state index contributed by atoms with van der Waals surface area (Å²) in [7, 11) is 0. The van der Waals surface area contributed by atoms with E-state index in [9.17, 15) is 19.3 Å². The number of nitrogens with zero attached hydrogens (tertiary/aromatic N) is 2. The van der Waals surface area contributed by atoms with Crippen LogP contribution in [0.3, 0.4) is 0 Å². The Morgan fingerprint density at radius 2 is 2.15 bits per heavy atom. The van der Waals surface area contributed by atoms with Crippen molar-refractivity contribution in [3.8, 4) is 0 Å². The topological polar surface area (TPSA) is 87.5 Å². The molecule has 0 spiro atoms. The molecule has 1 unspecified atom stereocenters. The summed E-state index contributed by atoms with van der Waals surface area (Å²) in [6.07, 6.45) is 0. The van der Waals surface area contributed by atoms with E-state index >= 15 is 0 Å². The van der Waals surface area contributed by atoms with Gasteiger partial charge in [0.2, 0.25) is 5.91 Å². The second kappa shape index (κ2) is 8.24. The number of hydrogen-bond acceptors (Lipinski definition) is 5. The molecule has 0 aliphatic carbocycles. The van der Waals surface area contributed by atoms with Crippen LogP contribution in [0.1, 0.15) is 17.2 Å². The molecule has 3 rings (SSSR count). The molecule has 1 aliphatic rings. The minimum Gasteiger partial charge on any atom is -0.319 e. The first kappa shape index (κ1) is 18.9. The van der Waals surface area contributed by atoms with Gasteiger partial charge in [0.1, 0.15) is 11.5 Å². The molecule has 1 fully saturated rings. The number of nitro benzene ring substituents is 1. The Bertz CT molecular complexity index is 859. The van der Waals surface area contributed by atoms with Crippen LogP contribution in [-0.4, -0.2) is 41.9 Å². The predicted octanol–water partition coefficient (Wildman–Crippen LogP) is 2.63. The zero-order chi connectivity index (χ0) is 19.4. The lowest BCUT2D eigenvalue weighted by Gasteiger charge is -2.36. The van der Waals surface area contributed by atoms with Crippen molar-refractivity contribution < 1.29 is 14.1 Å². The van der Waals surface area contributed by atoms with Crippen molar-refractivity contribution in [1.29, 1.82) is 0 Å². The first-order chi connectivity index (χ1) is 13.0. The lowest BCUT2D eigenvalue weighted by atomic mass is 10.0. The fourth-order valence-electron chi connectivity index (χ4n) is 3.31. The van der Waals surface area contributed by atoms with Gasteiger partial charge in [-0.1, -0.05) is 24.3 Å². The number of halogens is 1. The molecule has 1 amide bonds. The highest BCUT2D eigenvalue weighted by atomic mass is 19.1. The van der Waals surface area contributed by atoms with Gasteiger partial charge in [0, 0.05) is 31.7 Å². The first-order valence-electron chi connectivity index (χ1n) is 8.70. The van der Waals surface area contributed by atoms with Crippen LogP contribution in [-0.2, 0) is 4.79 Å². The monoisotopic (exact) mass is 372 g/mol. The highest BCUT2D eigenvalue weighted by Gasteiger charge is 2.27. The number of nitro groups is 1. The van der Waals surface area contributed by atoms with Crippen LogP contribution < -0.4 is 10.6 Å². The van der Waals surface area contributed by atoms with E-state index in [1.807, 2.05) is 11.0 Å². The standard InChI is InChI=1S/C19H21FN4O3/c1-13-4-2-7-16(24(26)27)19(13)22-18(25)12-23-9-8-21-11-17(23)14-5-3-6-15(20)10-14/h2-7,10,17,21H,8-9,11-12H2,1H3,(H,22,25). The molecular weight excluding hydrogens is 351 g/mol. The smallest absolute Gasteiger partial charge is 0.293 e. The van der Waals surface area contributed by atoms with Crippen molar-refractivity contribution in [3.05, 3.63) is 69.5 Å². The molecule has 2 N–H and O–H groups in total. The molecule has 2 aromatic carbocycles. The fraction of sp³-hybridized carbons (Fsp3) is 0.316. The van der Waals surface area contributed by atoms with Gasteiger partial charge >= 0.3 is 0 Å². The molecule has 0 radical (unpaired) electrons. The third-order valence-electron chi connectivity index (χ3n) is 4.65. The van der Waals surface area contributed by atoms with Crippen LogP contribution in [0.25, 0.3) is 0 Å². The zero-order valence-electron chi connectivity index (χ0n) is 14.9. The van der Waals surface area contributed by atoms with Gasteiger partial charge < -0.3 is 10.6 Å². The number of para-hydroxylation sites is 1. The summed E-state index contributed by atoms with van der Waals surface area (Å²) in [5.74, 6) is -0.659. The maximum absolute atomic E-state index is 13.6. The first-order valence-corrected chi connectivity index (χ1v) is 8.70. The molecule has 0 bridgehead atoms. The van der Waals surface area contributed by atoms with Crippen LogP contribution >= 0.6 is 0 Å². The summed E-state index contributed by atoms with van der Waals surface area (Å²) in [4.78, 5) is 25.2. The largest absolute Gasteiger partial charge is 0.319 e. The molecule has 27 heavy (non-hydrogen) atoms. The van der Waals surface area contributed by atoms with Crippen molar-refractivity contribution in [2.45, 2.75) is 13.0 Å². The number of benzene rings is 2. The van der Waals surface area contributed by atoms with Crippen molar-refractivity contribution in [2.24, 2.45) is 0 Å². The normalized spacial score (nSPS) is 17.5. The van der Waals surface area contributed by atoms with Crippen molar-refractivity contribution in [1.82, 2.24) is 10.2 Å². The summed E-state index contributed by atoms with van der Waals surface area (Å²) >= 11 is 0. The third kappa shape index (κ3) is 4.47. The van der Waals surface area contributed by atoms with E-state index in [1.54, 1.807) is 25.1 Å². The summed E-state index contributed by atoms with van der Waals surface area (Å²) in [6, 6.07) is 10.8. The van der Waals surface area contributed by atoms with Gasteiger partial charge in [-0.05, 0) is 30.2 Å². The molecule has 0 aromatic heterocycles. The Kier molecular flexibility index (Phi) is 5.78. The van der Waals surface area contributed by atoms with Gasteiger partial charge in [-0.15, -0.1) is 0 Å². The number of carbonyl (C=O) groups excluding carboxylic acids is 1. The minimum atomic E-state index is -0.511. The quantitative estimate of drug-likeness (QED) is 0.622. The molecule has 1 aliphatic heterocycles. The number of anilines is 1. The fourth-order valence-corrected chi connectivity index (χ4v) is 3.31. The van der Waals surface area contributed by atoms with Crippen molar-refractivity contribution >= 4 is 17.3 Å². The maximum atomic E-state index is 13.6. The molecule has 1 atom stereocenters. The molecule has 0 saturated carbocycles. The number of nitrogens with one attached hydrogen (secondary N) is 2. The zero-order valence-corrected chi connectivity index (χ0v) is 14.9. The molecule has 1 heterocycles. The van der Waals surface area contributed by atoms with Crippen LogP contribution in [0.4, 0.5) is 15.8 Å². The minimum absolute atomic E-state index is 0.0638. The Morgan fingerprint density at radius 3 is 2.89 bits per heavy atom. The Hall–Kier alpha value is -2.84. The second-order valence-electron chi connectivity index (χ2n) is 6.52. The summed E-state index contributed by atoms with van der Waals surface area (Å²) < 4.78 is 13.6. The molecule has 1 saturated heterocycles. The average molecular weight is 372 g/mol. The van der Waals surface area contributed by atoms with Gasteiger partial charge in [0.15, 0.2) is 0 Å². The van der Waals surface area contributed by atoms with E-state index in [1.165, 1.54) is 18.2 Å². The SMILES string of the molecule is Cc1cccc([N+](=O)[O-])c1NC(=O)CN1CCNCC1c1cccc(F)c1. The molecule has 2 aromatic rings. The Labute approximate surface area is 156 Å². The molecule has 142 valence electrons. The van der Waals surface area contributed by atoms with Gasteiger partial charge in [-0.2, -0.15) is 0 Å². The van der Waals surface area contributed by atoms with E-state index in [4.69, 9.17) is 0 Å². The molecule has 7 nitrogen and oxygen atoms in total.